The number of rotatable bonds is 4. The van der Waals surface area contributed by atoms with Crippen molar-refractivity contribution in [3.05, 3.63) is 30.5 Å². The van der Waals surface area contributed by atoms with E-state index in [1.54, 1.807) is 6.20 Å². The average Bonchev–Trinajstić information content (AvgIpc) is 2.36. The Morgan fingerprint density at radius 3 is 2.89 bits per heavy atom. The van der Waals surface area contributed by atoms with Gasteiger partial charge in [0.05, 0.1) is 11.1 Å². The first kappa shape index (κ1) is 12.6. The van der Waals surface area contributed by atoms with Gasteiger partial charge >= 0.3 is 0 Å². The fourth-order valence-corrected chi connectivity index (χ4v) is 1.73. The lowest BCUT2D eigenvalue weighted by molar-refractivity contribution is 0.0698. The van der Waals surface area contributed by atoms with Gasteiger partial charge in [0, 0.05) is 29.5 Å². The summed E-state index contributed by atoms with van der Waals surface area (Å²) in [7, 11) is 0. The van der Waals surface area contributed by atoms with Crippen molar-refractivity contribution < 1.29 is 5.11 Å². The van der Waals surface area contributed by atoms with Gasteiger partial charge in [-0.3, -0.25) is 4.98 Å². The van der Waals surface area contributed by atoms with Crippen LogP contribution in [0.1, 0.15) is 20.3 Å². The normalized spacial score (nSPS) is 14.4. The first-order valence-corrected chi connectivity index (χ1v) is 6.12. The van der Waals surface area contributed by atoms with Gasteiger partial charge in [-0.25, -0.2) is 0 Å². The molecule has 0 aliphatic carbocycles. The smallest absolute Gasteiger partial charge is 0.0788 e. The summed E-state index contributed by atoms with van der Waals surface area (Å²) < 4.78 is 0. The van der Waals surface area contributed by atoms with Crippen LogP contribution in [-0.2, 0) is 0 Å². The largest absolute Gasteiger partial charge is 0.399 e. The summed E-state index contributed by atoms with van der Waals surface area (Å²) >= 11 is 0. The van der Waals surface area contributed by atoms with Crippen LogP contribution in [0.4, 0.5) is 11.4 Å². The van der Waals surface area contributed by atoms with E-state index in [2.05, 4.69) is 10.3 Å². The van der Waals surface area contributed by atoms with Gasteiger partial charge in [-0.05, 0) is 37.6 Å². The van der Waals surface area contributed by atoms with Crippen molar-refractivity contribution in [3.8, 4) is 0 Å². The fraction of sp³-hybridized carbons (Fsp3) is 0.357. The number of aliphatic hydroxyl groups is 1. The molecule has 0 fully saturated rings. The van der Waals surface area contributed by atoms with E-state index in [4.69, 9.17) is 5.73 Å². The van der Waals surface area contributed by atoms with Crippen molar-refractivity contribution in [1.29, 1.82) is 0 Å². The van der Waals surface area contributed by atoms with Gasteiger partial charge in [0.1, 0.15) is 0 Å². The van der Waals surface area contributed by atoms with E-state index in [0.717, 1.165) is 16.6 Å². The van der Waals surface area contributed by atoms with E-state index in [-0.39, 0.29) is 0 Å². The monoisotopic (exact) mass is 245 g/mol. The maximum atomic E-state index is 10.0. The Morgan fingerprint density at radius 1 is 1.39 bits per heavy atom. The number of hydrogen-bond acceptors (Lipinski definition) is 4. The summed E-state index contributed by atoms with van der Waals surface area (Å²) in [5.74, 6) is 0. The number of hydrogen-bond donors (Lipinski definition) is 3. The van der Waals surface area contributed by atoms with Gasteiger partial charge in [-0.15, -0.1) is 0 Å². The van der Waals surface area contributed by atoms with Gasteiger partial charge in [-0.2, -0.15) is 0 Å². The zero-order chi connectivity index (χ0) is 13.2. The van der Waals surface area contributed by atoms with E-state index in [1.807, 2.05) is 38.1 Å². The van der Waals surface area contributed by atoms with Crippen molar-refractivity contribution in [1.82, 2.24) is 4.98 Å². The molecule has 0 radical (unpaired) electrons. The van der Waals surface area contributed by atoms with Crippen LogP contribution in [0.25, 0.3) is 10.9 Å². The molecule has 4 N–H and O–H groups in total. The highest BCUT2D eigenvalue weighted by Crippen LogP contribution is 2.24. The fourth-order valence-electron chi connectivity index (χ4n) is 1.73. The Hall–Kier alpha value is -1.81. The van der Waals surface area contributed by atoms with Gasteiger partial charge < -0.3 is 16.2 Å². The molecule has 2 rings (SSSR count). The molecule has 18 heavy (non-hydrogen) atoms. The number of nitrogen functional groups attached to an aromatic ring is 1. The standard InChI is InChI=1S/C14H19N3O/c1-3-14(2,18)9-17-12-6-7-16-13-8-10(15)4-5-11(12)13/h4-8,18H,3,9,15H2,1-2H3,(H,16,17). The Balaban J connectivity index is 2.29. The van der Waals surface area contributed by atoms with Crippen LogP contribution in [0.2, 0.25) is 0 Å². The average molecular weight is 245 g/mol. The van der Waals surface area contributed by atoms with Gasteiger partial charge in [-0.1, -0.05) is 6.92 Å². The highest BCUT2D eigenvalue weighted by atomic mass is 16.3. The second-order valence-corrected chi connectivity index (χ2v) is 4.84. The van der Waals surface area contributed by atoms with Crippen molar-refractivity contribution in [2.24, 2.45) is 0 Å². The molecule has 1 aromatic heterocycles. The van der Waals surface area contributed by atoms with Crippen LogP contribution >= 0.6 is 0 Å². The molecular weight excluding hydrogens is 226 g/mol. The number of anilines is 2. The number of nitrogens with two attached hydrogens (primary N) is 1. The summed E-state index contributed by atoms with van der Waals surface area (Å²) in [6.07, 6.45) is 2.45. The summed E-state index contributed by atoms with van der Waals surface area (Å²) in [6.45, 7) is 4.29. The third-order valence-electron chi connectivity index (χ3n) is 3.19. The Kier molecular flexibility index (Phi) is 3.39. The summed E-state index contributed by atoms with van der Waals surface area (Å²) in [5.41, 5.74) is 7.56. The number of aromatic nitrogens is 1. The van der Waals surface area contributed by atoms with Crippen LogP contribution in [0.5, 0.6) is 0 Å². The Morgan fingerprint density at radius 2 is 2.17 bits per heavy atom. The summed E-state index contributed by atoms with van der Waals surface area (Å²) in [5, 5.41) is 14.3. The first-order chi connectivity index (χ1) is 8.52. The van der Waals surface area contributed by atoms with E-state index in [9.17, 15) is 5.11 Å². The van der Waals surface area contributed by atoms with Crippen LogP contribution in [0.15, 0.2) is 30.5 Å². The lowest BCUT2D eigenvalue weighted by Gasteiger charge is -2.22. The minimum absolute atomic E-state index is 0.507. The summed E-state index contributed by atoms with van der Waals surface area (Å²) in [6, 6.07) is 7.55. The van der Waals surface area contributed by atoms with Gasteiger partial charge in [0.15, 0.2) is 0 Å². The van der Waals surface area contributed by atoms with Crippen LogP contribution < -0.4 is 11.1 Å². The third kappa shape index (κ3) is 2.71. The van der Waals surface area contributed by atoms with E-state index >= 15 is 0 Å². The molecule has 96 valence electrons. The van der Waals surface area contributed by atoms with Crippen LogP contribution in [0.3, 0.4) is 0 Å². The zero-order valence-corrected chi connectivity index (χ0v) is 10.8. The molecular formula is C14H19N3O. The number of benzene rings is 1. The van der Waals surface area contributed by atoms with Crippen molar-refractivity contribution in [2.45, 2.75) is 25.9 Å². The molecule has 2 aromatic rings. The molecule has 1 atom stereocenters. The van der Waals surface area contributed by atoms with E-state index < -0.39 is 5.60 Å². The quantitative estimate of drug-likeness (QED) is 0.723. The second kappa shape index (κ2) is 4.82. The molecule has 0 bridgehead atoms. The molecule has 4 heteroatoms. The topological polar surface area (TPSA) is 71.2 Å². The van der Waals surface area contributed by atoms with Crippen molar-refractivity contribution >= 4 is 22.3 Å². The minimum Gasteiger partial charge on any atom is -0.399 e. The molecule has 0 saturated carbocycles. The van der Waals surface area contributed by atoms with Crippen LogP contribution in [-0.4, -0.2) is 22.2 Å². The van der Waals surface area contributed by atoms with Crippen molar-refractivity contribution in [2.75, 3.05) is 17.6 Å². The lowest BCUT2D eigenvalue weighted by atomic mass is 10.0. The molecule has 0 saturated heterocycles. The van der Waals surface area contributed by atoms with Gasteiger partial charge in [0.2, 0.25) is 0 Å². The molecule has 0 aliphatic heterocycles. The third-order valence-corrected chi connectivity index (χ3v) is 3.19. The maximum Gasteiger partial charge on any atom is 0.0788 e. The zero-order valence-electron chi connectivity index (χ0n) is 10.8. The minimum atomic E-state index is -0.705. The van der Waals surface area contributed by atoms with Gasteiger partial charge in [0.25, 0.3) is 0 Å². The first-order valence-electron chi connectivity index (χ1n) is 6.12. The SMILES string of the molecule is CCC(C)(O)CNc1ccnc2cc(N)ccc12. The Bertz CT molecular complexity index is 552. The van der Waals surface area contributed by atoms with E-state index in [1.165, 1.54) is 0 Å². The molecule has 1 unspecified atom stereocenters. The highest BCUT2D eigenvalue weighted by Gasteiger charge is 2.17. The molecule has 4 nitrogen and oxygen atoms in total. The van der Waals surface area contributed by atoms with E-state index in [0.29, 0.717) is 18.7 Å². The number of nitrogens with zero attached hydrogens (tertiary/aromatic N) is 1. The second-order valence-electron chi connectivity index (χ2n) is 4.84. The molecule has 0 spiro atoms. The molecule has 0 amide bonds. The number of pyridine rings is 1. The molecule has 1 heterocycles. The summed E-state index contributed by atoms with van der Waals surface area (Å²) in [4.78, 5) is 4.28. The number of nitrogens with one attached hydrogen (secondary N) is 1. The predicted molar refractivity (Wildman–Crippen MR) is 75.6 cm³/mol. The Labute approximate surface area is 107 Å². The maximum absolute atomic E-state index is 10.0. The highest BCUT2D eigenvalue weighted by molar-refractivity contribution is 5.92. The number of fused-ring (bicyclic) bond motifs is 1. The lowest BCUT2D eigenvalue weighted by Crippen LogP contribution is -2.32. The molecule has 0 aliphatic rings. The van der Waals surface area contributed by atoms with Crippen LogP contribution in [0, 0.1) is 0 Å². The van der Waals surface area contributed by atoms with Crippen molar-refractivity contribution in [3.63, 3.8) is 0 Å². The predicted octanol–water partition coefficient (Wildman–Crippen LogP) is 2.39. The molecule has 1 aromatic carbocycles.